The number of halogens is 2. The molecule has 0 spiro atoms. The highest BCUT2D eigenvalue weighted by molar-refractivity contribution is 14.1. The number of benzene rings is 3. The molecule has 5 heteroatoms. The molecule has 0 saturated heterocycles. The number of hydrogen-bond donors (Lipinski definition) is 0. The van der Waals surface area contributed by atoms with E-state index in [1.807, 2.05) is 24.3 Å². The van der Waals surface area contributed by atoms with Crippen LogP contribution in [-0.4, -0.2) is 0 Å². The van der Waals surface area contributed by atoms with Gasteiger partial charge in [-0.25, -0.2) is 0 Å². The molecule has 130 valence electrons. The maximum absolute atomic E-state index is 9.92. The van der Waals surface area contributed by atoms with E-state index in [0.29, 0.717) is 16.7 Å². The molecule has 0 radical (unpaired) electrons. The van der Waals surface area contributed by atoms with Crippen molar-refractivity contribution in [2.75, 3.05) is 0 Å². The summed E-state index contributed by atoms with van der Waals surface area (Å²) in [5.41, 5.74) is 8.13. The second kappa shape index (κ2) is 6.30. The molecule has 0 atom stereocenters. The van der Waals surface area contributed by atoms with Gasteiger partial charge in [-0.05, 0) is 96.8 Å². The lowest BCUT2D eigenvalue weighted by Crippen LogP contribution is -2.30. The molecular weight excluding hydrogens is 572 g/mol. The SMILES string of the molecule is N#Cc1cccc2c1C1c3c(ccc(I)c3C#N)C2c2ccc(I)c(C#N)c21. The normalized spacial score (nSPS) is 17.5. The van der Waals surface area contributed by atoms with Crippen LogP contribution >= 0.6 is 45.2 Å². The van der Waals surface area contributed by atoms with E-state index in [-0.39, 0.29) is 11.8 Å². The van der Waals surface area contributed by atoms with Gasteiger partial charge in [0.25, 0.3) is 0 Å². The number of nitrogens with zero attached hydrogens (tertiary/aromatic N) is 3. The molecule has 3 aromatic carbocycles. The first-order chi connectivity index (χ1) is 13.6. The molecule has 3 aliphatic carbocycles. The quantitative estimate of drug-likeness (QED) is 0.227. The molecule has 3 aromatic rings. The molecule has 3 nitrogen and oxygen atoms in total. The summed E-state index contributed by atoms with van der Waals surface area (Å²) in [6, 6.07) is 21.1. The zero-order valence-electron chi connectivity index (χ0n) is 14.3. The molecule has 2 bridgehead atoms. The fourth-order valence-corrected chi connectivity index (χ4v) is 5.94. The molecule has 0 N–H and O–H groups in total. The van der Waals surface area contributed by atoms with Gasteiger partial charge in [-0.2, -0.15) is 15.8 Å². The molecule has 28 heavy (non-hydrogen) atoms. The van der Waals surface area contributed by atoms with Crippen molar-refractivity contribution in [3.05, 3.63) is 99.7 Å². The minimum atomic E-state index is -0.269. The lowest BCUT2D eigenvalue weighted by atomic mass is 9.58. The molecule has 6 rings (SSSR count). The van der Waals surface area contributed by atoms with Gasteiger partial charge in [-0.1, -0.05) is 24.3 Å². The van der Waals surface area contributed by atoms with E-state index >= 15 is 0 Å². The highest BCUT2D eigenvalue weighted by atomic mass is 127. The Morgan fingerprint density at radius 2 is 1.14 bits per heavy atom. The van der Waals surface area contributed by atoms with Gasteiger partial charge in [0.05, 0.1) is 22.8 Å². The van der Waals surface area contributed by atoms with E-state index in [2.05, 4.69) is 81.6 Å². The van der Waals surface area contributed by atoms with Crippen molar-refractivity contribution in [1.29, 1.82) is 15.8 Å². The van der Waals surface area contributed by atoms with E-state index in [0.717, 1.165) is 40.5 Å². The Hall–Kier alpha value is -2.41. The van der Waals surface area contributed by atoms with E-state index < -0.39 is 0 Å². The highest BCUT2D eigenvalue weighted by Crippen LogP contribution is 2.58. The van der Waals surface area contributed by atoms with Crippen molar-refractivity contribution in [3.63, 3.8) is 0 Å². The van der Waals surface area contributed by atoms with Crippen molar-refractivity contribution in [1.82, 2.24) is 0 Å². The lowest BCUT2D eigenvalue weighted by molar-refractivity contribution is 0.745. The number of hydrogen-bond acceptors (Lipinski definition) is 3. The predicted molar refractivity (Wildman–Crippen MR) is 121 cm³/mol. The summed E-state index contributed by atoms with van der Waals surface area (Å²) in [5, 5.41) is 29.6. The average Bonchev–Trinajstić information content (AvgIpc) is 2.72. The van der Waals surface area contributed by atoms with Gasteiger partial charge in [0, 0.05) is 19.0 Å². The minimum Gasteiger partial charge on any atom is -0.192 e. The van der Waals surface area contributed by atoms with Crippen LogP contribution in [-0.2, 0) is 0 Å². The van der Waals surface area contributed by atoms with Crippen LogP contribution in [0.5, 0.6) is 0 Å². The highest BCUT2D eigenvalue weighted by Gasteiger charge is 2.45. The first kappa shape index (κ1) is 17.7. The Balaban J connectivity index is 2.01. The summed E-state index contributed by atoms with van der Waals surface area (Å²) in [6.45, 7) is 0. The van der Waals surface area contributed by atoms with Gasteiger partial charge in [0.1, 0.15) is 12.1 Å². The molecule has 0 heterocycles. The van der Waals surface area contributed by atoms with E-state index in [9.17, 15) is 15.8 Å². The van der Waals surface area contributed by atoms with Gasteiger partial charge in [0.2, 0.25) is 0 Å². The predicted octanol–water partition coefficient (Wildman–Crippen LogP) is 5.50. The van der Waals surface area contributed by atoms with Gasteiger partial charge in [-0.3, -0.25) is 0 Å². The second-order valence-corrected chi connectivity index (χ2v) is 9.18. The van der Waals surface area contributed by atoms with Gasteiger partial charge in [-0.15, -0.1) is 0 Å². The van der Waals surface area contributed by atoms with Gasteiger partial charge >= 0.3 is 0 Å². The summed E-state index contributed by atoms with van der Waals surface area (Å²) in [4.78, 5) is 0. The maximum Gasteiger partial charge on any atom is 0.101 e. The molecule has 0 saturated carbocycles. The zero-order valence-corrected chi connectivity index (χ0v) is 18.6. The van der Waals surface area contributed by atoms with E-state index in [4.69, 9.17) is 0 Å². The monoisotopic (exact) mass is 581 g/mol. The van der Waals surface area contributed by atoms with Crippen LogP contribution in [0.1, 0.15) is 61.9 Å². The Morgan fingerprint density at radius 1 is 0.607 bits per heavy atom. The van der Waals surface area contributed by atoms with Crippen LogP contribution in [0.3, 0.4) is 0 Å². The summed E-state index contributed by atoms with van der Waals surface area (Å²) in [5.74, 6) is -0.332. The Labute approximate surface area is 189 Å². The third-order valence-electron chi connectivity index (χ3n) is 5.74. The second-order valence-electron chi connectivity index (χ2n) is 6.86. The maximum atomic E-state index is 9.92. The molecule has 0 aliphatic heterocycles. The standard InChI is InChI=1S/C23H9I2N3/c24-17-6-4-13-20-12-3-1-2-11(8-26)19(12)23(21(13)15(17)9-27)22-14(20)5-7-18(25)16(22)10-28/h1-7,20,23H. The van der Waals surface area contributed by atoms with Crippen molar-refractivity contribution in [2.24, 2.45) is 0 Å². The molecule has 3 aliphatic rings. The Bertz CT molecular complexity index is 1260. The molecule has 0 fully saturated rings. The smallest absolute Gasteiger partial charge is 0.101 e. The summed E-state index contributed by atoms with van der Waals surface area (Å²) in [7, 11) is 0. The number of nitriles is 3. The van der Waals surface area contributed by atoms with Crippen LogP contribution in [0, 0.1) is 41.1 Å². The lowest BCUT2D eigenvalue weighted by Gasteiger charge is -2.43. The summed E-state index contributed by atoms with van der Waals surface area (Å²) >= 11 is 4.39. The summed E-state index contributed by atoms with van der Waals surface area (Å²) < 4.78 is 1.79. The molecular formula is C23H9I2N3. The van der Waals surface area contributed by atoms with E-state index in [1.54, 1.807) is 0 Å². The van der Waals surface area contributed by atoms with Crippen LogP contribution in [0.2, 0.25) is 0 Å². The summed E-state index contributed by atoms with van der Waals surface area (Å²) in [6.07, 6.45) is 0. The fraction of sp³-hybridized carbons (Fsp3) is 0.0870. The van der Waals surface area contributed by atoms with Crippen LogP contribution in [0.15, 0.2) is 42.5 Å². The first-order valence-corrected chi connectivity index (χ1v) is 10.8. The zero-order chi connectivity index (χ0) is 19.6. The molecule has 0 aromatic heterocycles. The van der Waals surface area contributed by atoms with E-state index in [1.165, 1.54) is 0 Å². The number of rotatable bonds is 0. The molecule has 0 amide bonds. The van der Waals surface area contributed by atoms with Crippen molar-refractivity contribution < 1.29 is 0 Å². The van der Waals surface area contributed by atoms with Gasteiger partial charge < -0.3 is 0 Å². The topological polar surface area (TPSA) is 71.4 Å². The largest absolute Gasteiger partial charge is 0.192 e. The van der Waals surface area contributed by atoms with Crippen LogP contribution in [0.4, 0.5) is 0 Å². The third kappa shape index (κ3) is 2.11. The first-order valence-electron chi connectivity index (χ1n) is 8.60. The van der Waals surface area contributed by atoms with Crippen LogP contribution in [0.25, 0.3) is 0 Å². The van der Waals surface area contributed by atoms with Crippen molar-refractivity contribution in [3.8, 4) is 18.2 Å². The Morgan fingerprint density at radius 3 is 1.64 bits per heavy atom. The van der Waals surface area contributed by atoms with Crippen LogP contribution < -0.4 is 0 Å². The molecule has 0 unspecified atom stereocenters. The average molecular weight is 581 g/mol. The Kier molecular flexibility index (Phi) is 3.98. The minimum absolute atomic E-state index is 0.0634. The third-order valence-corrected chi connectivity index (χ3v) is 7.54. The van der Waals surface area contributed by atoms with Gasteiger partial charge in [0.15, 0.2) is 0 Å². The van der Waals surface area contributed by atoms with Crippen molar-refractivity contribution >= 4 is 45.2 Å². The van der Waals surface area contributed by atoms with Crippen molar-refractivity contribution in [2.45, 2.75) is 11.8 Å². The fourth-order valence-electron chi connectivity index (χ4n) is 4.76.